The Morgan fingerprint density at radius 2 is 2.11 bits per heavy atom. The summed E-state index contributed by atoms with van der Waals surface area (Å²) in [5.74, 6) is 1.04. The first kappa shape index (κ1) is 13.5. The third kappa shape index (κ3) is 2.58. The Morgan fingerprint density at radius 3 is 2.68 bits per heavy atom. The normalized spacial score (nSPS) is 14.8. The van der Waals surface area contributed by atoms with Crippen LogP contribution in [0, 0.1) is 0 Å². The van der Waals surface area contributed by atoms with Gasteiger partial charge in [-0.05, 0) is 12.0 Å². The maximum Gasteiger partial charge on any atom is 0.231 e. The molecular weight excluding hydrogens is 246 g/mol. The Hall–Kier alpha value is -1.95. The Bertz CT molecular complexity index is 502. The van der Waals surface area contributed by atoms with E-state index >= 15 is 0 Å². The number of nitrogens with two attached hydrogens (primary N) is 2. The van der Waals surface area contributed by atoms with Gasteiger partial charge in [-0.15, -0.1) is 0 Å². The molecule has 1 aromatic carbocycles. The molecule has 0 radical (unpaired) electrons. The lowest BCUT2D eigenvalue weighted by Crippen LogP contribution is -2.38. The first-order valence-corrected chi connectivity index (χ1v) is 6.09. The molecule has 0 atom stereocenters. The highest BCUT2D eigenvalue weighted by molar-refractivity contribution is 5.76. The number of ether oxygens (including phenoxy) is 2. The van der Waals surface area contributed by atoms with Gasteiger partial charge in [0.1, 0.15) is 0 Å². The van der Waals surface area contributed by atoms with Crippen molar-refractivity contribution in [2.45, 2.75) is 13.0 Å². The summed E-state index contributed by atoms with van der Waals surface area (Å²) in [6.07, 6.45) is 0.757. The molecule has 1 aromatic rings. The molecule has 104 valence electrons. The van der Waals surface area contributed by atoms with Crippen LogP contribution in [0.25, 0.3) is 0 Å². The number of methoxy groups -OCH3 is 2. The molecule has 1 heterocycles. The van der Waals surface area contributed by atoms with Crippen LogP contribution in [-0.4, -0.2) is 38.1 Å². The molecule has 0 saturated heterocycles. The quantitative estimate of drug-likeness (QED) is 0.755. The van der Waals surface area contributed by atoms with E-state index in [2.05, 4.69) is 0 Å². The number of hydrogen-bond donors (Lipinski definition) is 2. The summed E-state index contributed by atoms with van der Waals surface area (Å²) in [4.78, 5) is 13.0. The molecule has 0 aromatic heterocycles. The predicted molar refractivity (Wildman–Crippen MR) is 72.1 cm³/mol. The van der Waals surface area contributed by atoms with Gasteiger partial charge in [-0.3, -0.25) is 9.69 Å². The lowest BCUT2D eigenvalue weighted by Gasteiger charge is -2.30. The van der Waals surface area contributed by atoms with Crippen LogP contribution >= 0.6 is 0 Å². The summed E-state index contributed by atoms with van der Waals surface area (Å²) in [5, 5.41) is 0. The van der Waals surface area contributed by atoms with Crippen LogP contribution < -0.4 is 20.9 Å². The predicted octanol–water partition coefficient (Wildman–Crippen LogP) is 0.129. The minimum absolute atomic E-state index is 0.243. The van der Waals surface area contributed by atoms with Crippen LogP contribution in [0.15, 0.2) is 6.07 Å². The number of hydrogen-bond acceptors (Lipinski definition) is 5. The van der Waals surface area contributed by atoms with Crippen LogP contribution in [0.1, 0.15) is 11.1 Å². The largest absolute Gasteiger partial charge is 0.493 e. The molecular formula is C13H19N3O3. The Morgan fingerprint density at radius 1 is 1.37 bits per heavy atom. The first-order valence-electron chi connectivity index (χ1n) is 6.09. The highest BCUT2D eigenvalue weighted by atomic mass is 16.5. The summed E-state index contributed by atoms with van der Waals surface area (Å²) < 4.78 is 10.7. The summed E-state index contributed by atoms with van der Waals surface area (Å²) in [5.41, 5.74) is 14.0. The van der Waals surface area contributed by atoms with E-state index in [0.29, 0.717) is 18.0 Å². The average molecular weight is 265 g/mol. The van der Waals surface area contributed by atoms with E-state index in [0.717, 1.165) is 29.8 Å². The van der Waals surface area contributed by atoms with E-state index in [1.807, 2.05) is 4.90 Å². The molecule has 6 nitrogen and oxygen atoms in total. The van der Waals surface area contributed by atoms with Crippen molar-refractivity contribution in [1.29, 1.82) is 0 Å². The number of nitrogen functional groups attached to an aromatic ring is 1. The molecule has 0 saturated carbocycles. The summed E-state index contributed by atoms with van der Waals surface area (Å²) in [7, 11) is 3.20. The van der Waals surface area contributed by atoms with E-state index in [-0.39, 0.29) is 12.5 Å². The van der Waals surface area contributed by atoms with Crippen LogP contribution in [-0.2, 0) is 17.8 Å². The van der Waals surface area contributed by atoms with Gasteiger partial charge in [-0.1, -0.05) is 0 Å². The van der Waals surface area contributed by atoms with Gasteiger partial charge in [-0.2, -0.15) is 0 Å². The van der Waals surface area contributed by atoms with E-state index in [1.54, 1.807) is 20.3 Å². The number of benzene rings is 1. The number of anilines is 1. The van der Waals surface area contributed by atoms with Crippen molar-refractivity contribution in [2.24, 2.45) is 5.73 Å². The van der Waals surface area contributed by atoms with Gasteiger partial charge in [0.25, 0.3) is 0 Å². The van der Waals surface area contributed by atoms with Gasteiger partial charge in [0.2, 0.25) is 5.91 Å². The monoisotopic (exact) mass is 265 g/mol. The maximum atomic E-state index is 11.0. The second-order valence-electron chi connectivity index (χ2n) is 4.59. The minimum atomic E-state index is -0.331. The first-order chi connectivity index (χ1) is 9.06. The number of primary amides is 1. The zero-order valence-electron chi connectivity index (χ0n) is 11.2. The lowest BCUT2D eigenvalue weighted by atomic mass is 9.96. The standard InChI is InChI=1S/C13H19N3O3/c1-18-11-5-10(14)9-6-16(7-12(15)17)4-3-8(9)13(11)19-2/h5H,3-4,6-7,14H2,1-2H3,(H2,15,17). The topological polar surface area (TPSA) is 90.8 Å². The molecule has 0 fully saturated rings. The minimum Gasteiger partial charge on any atom is -0.493 e. The summed E-state index contributed by atoms with van der Waals surface area (Å²) in [6, 6.07) is 1.76. The Kier molecular flexibility index (Phi) is 3.80. The fraction of sp³-hybridized carbons (Fsp3) is 0.462. The van der Waals surface area contributed by atoms with Crippen molar-refractivity contribution < 1.29 is 14.3 Å². The third-order valence-electron chi connectivity index (χ3n) is 3.36. The Labute approximate surface area is 112 Å². The van der Waals surface area contributed by atoms with Crippen LogP contribution in [0.3, 0.4) is 0 Å². The van der Waals surface area contributed by atoms with Gasteiger partial charge < -0.3 is 20.9 Å². The fourth-order valence-corrected chi connectivity index (χ4v) is 2.51. The highest BCUT2D eigenvalue weighted by Crippen LogP contribution is 2.39. The average Bonchev–Trinajstić information content (AvgIpc) is 2.38. The number of carbonyl (C=O) groups excluding carboxylic acids is 1. The van der Waals surface area contributed by atoms with Crippen molar-refractivity contribution in [1.82, 2.24) is 4.90 Å². The molecule has 4 N–H and O–H groups in total. The number of fused-ring (bicyclic) bond motifs is 1. The molecule has 1 aliphatic heterocycles. The zero-order chi connectivity index (χ0) is 14.0. The van der Waals surface area contributed by atoms with E-state index < -0.39 is 0 Å². The summed E-state index contributed by atoms with van der Waals surface area (Å²) >= 11 is 0. The number of amides is 1. The van der Waals surface area contributed by atoms with Gasteiger partial charge in [0.05, 0.1) is 20.8 Å². The SMILES string of the molecule is COc1cc(N)c2c(c1OC)CCN(CC(N)=O)C2. The second-order valence-corrected chi connectivity index (χ2v) is 4.59. The van der Waals surface area contributed by atoms with E-state index in [4.69, 9.17) is 20.9 Å². The number of carbonyl (C=O) groups is 1. The molecule has 6 heteroatoms. The molecule has 1 aliphatic rings. The van der Waals surface area contributed by atoms with Crippen molar-refractivity contribution in [3.8, 4) is 11.5 Å². The number of nitrogens with zero attached hydrogens (tertiary/aromatic N) is 1. The maximum absolute atomic E-state index is 11.0. The van der Waals surface area contributed by atoms with E-state index in [9.17, 15) is 4.79 Å². The van der Waals surface area contributed by atoms with Crippen molar-refractivity contribution in [2.75, 3.05) is 33.0 Å². The number of rotatable bonds is 4. The molecule has 0 aliphatic carbocycles. The Balaban J connectivity index is 2.37. The smallest absolute Gasteiger partial charge is 0.231 e. The van der Waals surface area contributed by atoms with Crippen molar-refractivity contribution in [3.63, 3.8) is 0 Å². The highest BCUT2D eigenvalue weighted by Gasteiger charge is 2.25. The third-order valence-corrected chi connectivity index (χ3v) is 3.36. The molecule has 2 rings (SSSR count). The van der Waals surface area contributed by atoms with Crippen LogP contribution in [0.5, 0.6) is 11.5 Å². The zero-order valence-corrected chi connectivity index (χ0v) is 11.2. The van der Waals surface area contributed by atoms with Gasteiger partial charge in [0.15, 0.2) is 11.5 Å². The van der Waals surface area contributed by atoms with Gasteiger partial charge >= 0.3 is 0 Å². The molecule has 0 unspecified atom stereocenters. The lowest BCUT2D eigenvalue weighted by molar-refractivity contribution is -0.119. The summed E-state index contributed by atoms with van der Waals surface area (Å²) in [6.45, 7) is 1.59. The molecule has 19 heavy (non-hydrogen) atoms. The molecule has 0 spiro atoms. The van der Waals surface area contributed by atoms with Crippen LogP contribution in [0.4, 0.5) is 5.69 Å². The van der Waals surface area contributed by atoms with Crippen molar-refractivity contribution in [3.05, 3.63) is 17.2 Å². The molecule has 0 bridgehead atoms. The van der Waals surface area contributed by atoms with Gasteiger partial charge in [-0.25, -0.2) is 0 Å². The van der Waals surface area contributed by atoms with Crippen molar-refractivity contribution >= 4 is 11.6 Å². The van der Waals surface area contributed by atoms with Crippen LogP contribution in [0.2, 0.25) is 0 Å². The molecule has 1 amide bonds. The fourth-order valence-electron chi connectivity index (χ4n) is 2.51. The van der Waals surface area contributed by atoms with E-state index in [1.165, 1.54) is 0 Å². The van der Waals surface area contributed by atoms with Gasteiger partial charge in [0, 0.05) is 30.4 Å². The second kappa shape index (κ2) is 5.36.